The third-order valence-corrected chi connectivity index (χ3v) is 1.40. The molecule has 68 valence electrons. The number of nitrogens with one attached hydrogen (secondary N) is 1. The van der Waals surface area contributed by atoms with Gasteiger partial charge in [-0.2, -0.15) is 5.26 Å². The lowest BCUT2D eigenvalue weighted by atomic mass is 10.3. The first-order valence-electron chi connectivity index (χ1n) is 3.96. The van der Waals surface area contributed by atoms with E-state index >= 15 is 0 Å². The Kier molecular flexibility index (Phi) is 3.17. The molecule has 1 aromatic rings. The molecule has 0 saturated carbocycles. The number of rotatable bonds is 3. The highest BCUT2D eigenvalue weighted by atomic mass is 15.1. The van der Waals surface area contributed by atoms with Gasteiger partial charge in [-0.25, -0.2) is 9.97 Å². The van der Waals surface area contributed by atoms with Crippen LogP contribution in [0.1, 0.15) is 11.4 Å². The molecule has 0 bridgehead atoms. The van der Waals surface area contributed by atoms with Crippen LogP contribution in [-0.4, -0.2) is 23.1 Å². The molecular formula is C8H11N5. The third kappa shape index (κ3) is 2.69. The van der Waals surface area contributed by atoms with E-state index in [1.54, 1.807) is 6.07 Å². The standard InChI is InChI=1S/C8H11N5/c1-6-4-7(5-10)13-8(12-6)11-3-2-9/h4H,2-3,9H2,1H3,(H,11,12,13). The van der Waals surface area contributed by atoms with E-state index < -0.39 is 0 Å². The normalized spacial score (nSPS) is 9.31. The molecule has 0 spiro atoms. The van der Waals surface area contributed by atoms with Crippen molar-refractivity contribution in [3.05, 3.63) is 17.5 Å². The van der Waals surface area contributed by atoms with Crippen LogP contribution in [0.25, 0.3) is 0 Å². The van der Waals surface area contributed by atoms with Crippen molar-refractivity contribution in [2.24, 2.45) is 5.73 Å². The van der Waals surface area contributed by atoms with Gasteiger partial charge in [-0.05, 0) is 13.0 Å². The molecule has 1 aromatic heterocycles. The SMILES string of the molecule is Cc1cc(C#N)nc(NCCN)n1. The van der Waals surface area contributed by atoms with E-state index in [0.29, 0.717) is 24.7 Å². The first kappa shape index (κ1) is 9.42. The van der Waals surface area contributed by atoms with Crippen LogP contribution in [0.4, 0.5) is 5.95 Å². The Morgan fingerprint density at radius 3 is 3.00 bits per heavy atom. The molecule has 0 aliphatic heterocycles. The Morgan fingerprint density at radius 2 is 2.38 bits per heavy atom. The summed E-state index contributed by atoms with van der Waals surface area (Å²) in [5.41, 5.74) is 6.44. The van der Waals surface area contributed by atoms with E-state index in [0.717, 1.165) is 5.69 Å². The fraction of sp³-hybridized carbons (Fsp3) is 0.375. The molecule has 5 heteroatoms. The molecule has 0 aliphatic carbocycles. The van der Waals surface area contributed by atoms with Crippen LogP contribution in [0, 0.1) is 18.3 Å². The van der Waals surface area contributed by atoms with E-state index in [4.69, 9.17) is 11.0 Å². The highest BCUT2D eigenvalue weighted by molar-refractivity contribution is 5.32. The molecular weight excluding hydrogens is 166 g/mol. The Hall–Kier alpha value is -1.67. The number of hydrogen-bond acceptors (Lipinski definition) is 5. The lowest BCUT2D eigenvalue weighted by molar-refractivity contribution is 0.975. The molecule has 0 unspecified atom stereocenters. The maximum absolute atomic E-state index is 8.62. The van der Waals surface area contributed by atoms with E-state index in [1.807, 2.05) is 13.0 Å². The van der Waals surface area contributed by atoms with Gasteiger partial charge in [-0.3, -0.25) is 0 Å². The van der Waals surface area contributed by atoms with Gasteiger partial charge in [0.1, 0.15) is 11.8 Å². The lowest BCUT2D eigenvalue weighted by Crippen LogP contribution is -2.15. The molecule has 0 fully saturated rings. The van der Waals surface area contributed by atoms with Gasteiger partial charge in [0.15, 0.2) is 0 Å². The van der Waals surface area contributed by atoms with Crippen molar-refractivity contribution in [3.63, 3.8) is 0 Å². The summed E-state index contributed by atoms with van der Waals surface area (Å²) in [6.07, 6.45) is 0. The second-order valence-electron chi connectivity index (χ2n) is 2.55. The van der Waals surface area contributed by atoms with E-state index in [1.165, 1.54) is 0 Å². The number of anilines is 1. The summed E-state index contributed by atoms with van der Waals surface area (Å²) in [6, 6.07) is 3.59. The molecule has 0 atom stereocenters. The number of aromatic nitrogens is 2. The summed E-state index contributed by atoms with van der Waals surface area (Å²) in [4.78, 5) is 8.04. The molecule has 1 heterocycles. The van der Waals surface area contributed by atoms with Crippen molar-refractivity contribution in [1.29, 1.82) is 5.26 Å². The van der Waals surface area contributed by atoms with Gasteiger partial charge in [0, 0.05) is 18.8 Å². The molecule has 13 heavy (non-hydrogen) atoms. The molecule has 0 radical (unpaired) electrons. The van der Waals surface area contributed by atoms with E-state index in [9.17, 15) is 0 Å². The van der Waals surface area contributed by atoms with Gasteiger partial charge >= 0.3 is 0 Å². The van der Waals surface area contributed by atoms with Crippen molar-refractivity contribution < 1.29 is 0 Å². The van der Waals surface area contributed by atoms with Crippen LogP contribution >= 0.6 is 0 Å². The summed E-state index contributed by atoms with van der Waals surface area (Å²) < 4.78 is 0. The quantitative estimate of drug-likeness (QED) is 0.680. The van der Waals surface area contributed by atoms with Crippen LogP contribution in [0.2, 0.25) is 0 Å². The van der Waals surface area contributed by atoms with Crippen LogP contribution in [0.5, 0.6) is 0 Å². The Labute approximate surface area is 76.6 Å². The molecule has 3 N–H and O–H groups in total. The molecule has 1 rings (SSSR count). The van der Waals surface area contributed by atoms with Gasteiger partial charge in [-0.15, -0.1) is 0 Å². The predicted molar refractivity (Wildman–Crippen MR) is 49.0 cm³/mol. The number of aryl methyl sites for hydroxylation is 1. The Balaban J connectivity index is 2.83. The number of nitrogens with zero attached hydrogens (tertiary/aromatic N) is 3. The Bertz CT molecular complexity index is 328. The van der Waals surface area contributed by atoms with E-state index in [-0.39, 0.29) is 0 Å². The minimum atomic E-state index is 0.368. The van der Waals surface area contributed by atoms with Gasteiger partial charge in [0.25, 0.3) is 0 Å². The first-order chi connectivity index (χ1) is 6.26. The van der Waals surface area contributed by atoms with Crippen molar-refractivity contribution in [1.82, 2.24) is 9.97 Å². The highest BCUT2D eigenvalue weighted by Crippen LogP contribution is 2.02. The van der Waals surface area contributed by atoms with Crippen LogP contribution in [0.15, 0.2) is 6.07 Å². The first-order valence-corrected chi connectivity index (χ1v) is 3.96. The zero-order chi connectivity index (χ0) is 9.68. The monoisotopic (exact) mass is 177 g/mol. The van der Waals surface area contributed by atoms with Gasteiger partial charge in [0.2, 0.25) is 5.95 Å². The molecule has 0 amide bonds. The van der Waals surface area contributed by atoms with E-state index in [2.05, 4.69) is 15.3 Å². The summed E-state index contributed by atoms with van der Waals surface area (Å²) >= 11 is 0. The molecule has 0 aliphatic rings. The van der Waals surface area contributed by atoms with Crippen molar-refractivity contribution >= 4 is 5.95 Å². The predicted octanol–water partition coefficient (Wildman–Crippen LogP) is 0.0273. The smallest absolute Gasteiger partial charge is 0.224 e. The zero-order valence-corrected chi connectivity index (χ0v) is 7.41. The largest absolute Gasteiger partial charge is 0.353 e. The summed E-state index contributed by atoms with van der Waals surface area (Å²) in [6.45, 7) is 2.93. The highest BCUT2D eigenvalue weighted by Gasteiger charge is 1.99. The maximum atomic E-state index is 8.62. The number of nitrogens with two attached hydrogens (primary N) is 1. The average molecular weight is 177 g/mol. The zero-order valence-electron chi connectivity index (χ0n) is 7.41. The fourth-order valence-electron chi connectivity index (χ4n) is 0.889. The molecule has 0 saturated heterocycles. The topological polar surface area (TPSA) is 87.6 Å². The minimum absolute atomic E-state index is 0.368. The van der Waals surface area contributed by atoms with Crippen molar-refractivity contribution in [3.8, 4) is 6.07 Å². The summed E-state index contributed by atoms with van der Waals surface area (Å²) in [7, 11) is 0. The average Bonchev–Trinajstić information content (AvgIpc) is 2.14. The molecule has 5 nitrogen and oxygen atoms in total. The second-order valence-corrected chi connectivity index (χ2v) is 2.55. The second kappa shape index (κ2) is 4.38. The maximum Gasteiger partial charge on any atom is 0.224 e. The minimum Gasteiger partial charge on any atom is -0.353 e. The van der Waals surface area contributed by atoms with Gasteiger partial charge in [-0.1, -0.05) is 0 Å². The summed E-state index contributed by atoms with van der Waals surface area (Å²) in [5.74, 6) is 0.460. The lowest BCUT2D eigenvalue weighted by Gasteiger charge is -2.03. The number of nitriles is 1. The Morgan fingerprint density at radius 1 is 1.62 bits per heavy atom. The van der Waals surface area contributed by atoms with Crippen molar-refractivity contribution in [2.75, 3.05) is 18.4 Å². The summed E-state index contributed by atoms with van der Waals surface area (Å²) in [5, 5.41) is 11.5. The van der Waals surface area contributed by atoms with Crippen LogP contribution in [-0.2, 0) is 0 Å². The van der Waals surface area contributed by atoms with Gasteiger partial charge in [0.05, 0.1) is 0 Å². The van der Waals surface area contributed by atoms with Crippen LogP contribution < -0.4 is 11.1 Å². The molecule has 0 aromatic carbocycles. The third-order valence-electron chi connectivity index (χ3n) is 1.40. The van der Waals surface area contributed by atoms with Crippen LogP contribution in [0.3, 0.4) is 0 Å². The fourth-order valence-corrected chi connectivity index (χ4v) is 0.889. The van der Waals surface area contributed by atoms with Crippen molar-refractivity contribution in [2.45, 2.75) is 6.92 Å². The van der Waals surface area contributed by atoms with Gasteiger partial charge < -0.3 is 11.1 Å². The number of hydrogen-bond donors (Lipinski definition) is 2.